The van der Waals surface area contributed by atoms with E-state index in [4.69, 9.17) is 10.5 Å². The first-order valence-corrected chi connectivity index (χ1v) is 7.64. The summed E-state index contributed by atoms with van der Waals surface area (Å²) in [6.45, 7) is 8.15. The van der Waals surface area contributed by atoms with Crippen molar-refractivity contribution < 1.29 is 9.13 Å². The van der Waals surface area contributed by atoms with Crippen LogP contribution in [0.4, 0.5) is 10.1 Å². The number of anilines is 1. The quantitative estimate of drug-likeness (QED) is 0.912. The van der Waals surface area contributed by atoms with Gasteiger partial charge in [-0.3, -0.25) is 4.90 Å². The fraction of sp³-hybridized carbons (Fsp3) is 0.625. The number of hydrogen-bond donors (Lipinski definition) is 1. The molecule has 0 bridgehead atoms. The SMILES string of the molecule is CC1(CN2CCN(c3ccccc3F)CC2)COCC1N. The fourth-order valence-electron chi connectivity index (χ4n) is 3.26. The van der Waals surface area contributed by atoms with Gasteiger partial charge in [-0.1, -0.05) is 19.1 Å². The van der Waals surface area contributed by atoms with Gasteiger partial charge < -0.3 is 15.4 Å². The Labute approximate surface area is 125 Å². The van der Waals surface area contributed by atoms with Gasteiger partial charge in [0.1, 0.15) is 5.82 Å². The molecule has 0 radical (unpaired) electrons. The minimum atomic E-state index is -0.135. The molecular formula is C16H24FN3O. The number of hydrogen-bond acceptors (Lipinski definition) is 4. The maximum atomic E-state index is 13.8. The smallest absolute Gasteiger partial charge is 0.146 e. The summed E-state index contributed by atoms with van der Waals surface area (Å²) in [5.41, 5.74) is 6.91. The number of para-hydroxylation sites is 1. The van der Waals surface area contributed by atoms with Gasteiger partial charge >= 0.3 is 0 Å². The summed E-state index contributed by atoms with van der Waals surface area (Å²) in [5, 5.41) is 0. The van der Waals surface area contributed by atoms with Crippen molar-refractivity contribution in [2.24, 2.45) is 11.1 Å². The summed E-state index contributed by atoms with van der Waals surface area (Å²) in [4.78, 5) is 4.55. The molecule has 0 spiro atoms. The lowest BCUT2D eigenvalue weighted by Crippen LogP contribution is -2.53. The van der Waals surface area contributed by atoms with Crippen molar-refractivity contribution in [3.63, 3.8) is 0 Å². The van der Waals surface area contributed by atoms with Gasteiger partial charge in [-0.2, -0.15) is 0 Å². The average molecular weight is 293 g/mol. The molecule has 2 aliphatic heterocycles. The van der Waals surface area contributed by atoms with Crippen molar-refractivity contribution in [3.8, 4) is 0 Å². The highest BCUT2D eigenvalue weighted by molar-refractivity contribution is 5.47. The fourth-order valence-corrected chi connectivity index (χ4v) is 3.26. The molecule has 2 saturated heterocycles. The zero-order valence-corrected chi connectivity index (χ0v) is 12.6. The van der Waals surface area contributed by atoms with Crippen LogP contribution in [0.25, 0.3) is 0 Å². The molecule has 1 aromatic rings. The molecule has 4 nitrogen and oxygen atoms in total. The Morgan fingerprint density at radius 2 is 2.00 bits per heavy atom. The average Bonchev–Trinajstić information content (AvgIpc) is 2.80. The van der Waals surface area contributed by atoms with Crippen LogP contribution in [0.3, 0.4) is 0 Å². The lowest BCUT2D eigenvalue weighted by atomic mass is 9.85. The molecule has 5 heteroatoms. The zero-order chi connectivity index (χ0) is 14.9. The van der Waals surface area contributed by atoms with Crippen LogP contribution in [0, 0.1) is 11.2 Å². The Kier molecular flexibility index (Phi) is 4.15. The number of benzene rings is 1. The Morgan fingerprint density at radius 3 is 2.62 bits per heavy atom. The van der Waals surface area contributed by atoms with Crippen LogP contribution in [-0.4, -0.2) is 56.9 Å². The van der Waals surface area contributed by atoms with Gasteiger partial charge in [0.2, 0.25) is 0 Å². The molecule has 0 aromatic heterocycles. The van der Waals surface area contributed by atoms with E-state index in [1.165, 1.54) is 6.07 Å². The molecule has 0 saturated carbocycles. The Bertz CT molecular complexity index is 490. The number of nitrogens with zero attached hydrogens (tertiary/aromatic N) is 2. The largest absolute Gasteiger partial charge is 0.379 e. The van der Waals surface area contributed by atoms with Gasteiger partial charge in [-0.15, -0.1) is 0 Å². The van der Waals surface area contributed by atoms with E-state index < -0.39 is 0 Å². The number of ether oxygens (including phenoxy) is 1. The van der Waals surface area contributed by atoms with Gasteiger partial charge in [0.05, 0.1) is 18.9 Å². The van der Waals surface area contributed by atoms with E-state index in [9.17, 15) is 4.39 Å². The first-order chi connectivity index (χ1) is 10.1. The van der Waals surface area contributed by atoms with Crippen molar-refractivity contribution in [1.82, 2.24) is 4.90 Å². The van der Waals surface area contributed by atoms with Gasteiger partial charge in [0.15, 0.2) is 0 Å². The first kappa shape index (κ1) is 14.8. The predicted molar refractivity (Wildman–Crippen MR) is 82.0 cm³/mol. The van der Waals surface area contributed by atoms with E-state index in [1.807, 2.05) is 12.1 Å². The maximum absolute atomic E-state index is 13.8. The van der Waals surface area contributed by atoms with Crippen LogP contribution in [-0.2, 0) is 4.74 Å². The van der Waals surface area contributed by atoms with E-state index in [-0.39, 0.29) is 17.3 Å². The Hall–Kier alpha value is -1.17. The topological polar surface area (TPSA) is 41.7 Å². The summed E-state index contributed by atoms with van der Waals surface area (Å²) in [6, 6.07) is 7.12. The molecule has 116 valence electrons. The number of nitrogens with two attached hydrogens (primary N) is 1. The number of piperazine rings is 1. The van der Waals surface area contributed by atoms with Crippen molar-refractivity contribution in [2.75, 3.05) is 50.8 Å². The number of halogens is 1. The maximum Gasteiger partial charge on any atom is 0.146 e. The first-order valence-electron chi connectivity index (χ1n) is 7.64. The van der Waals surface area contributed by atoms with E-state index in [1.54, 1.807) is 6.07 Å². The van der Waals surface area contributed by atoms with Gasteiger partial charge in [0, 0.05) is 44.2 Å². The van der Waals surface area contributed by atoms with E-state index in [0.29, 0.717) is 12.3 Å². The Balaban J connectivity index is 1.57. The molecule has 2 fully saturated rings. The monoisotopic (exact) mass is 293 g/mol. The highest BCUT2D eigenvalue weighted by Crippen LogP contribution is 2.29. The predicted octanol–water partition coefficient (Wildman–Crippen LogP) is 1.31. The summed E-state index contributed by atoms with van der Waals surface area (Å²) in [6.07, 6.45) is 0. The second kappa shape index (κ2) is 5.91. The number of rotatable bonds is 3. The summed E-state index contributed by atoms with van der Waals surface area (Å²) >= 11 is 0. The molecule has 3 rings (SSSR count). The normalized spacial score (nSPS) is 30.8. The molecule has 1 aromatic carbocycles. The third kappa shape index (κ3) is 3.05. The standard InChI is InChI=1S/C16H24FN3O/c1-16(12-21-10-15(16)18)11-19-6-8-20(9-7-19)14-5-3-2-4-13(14)17/h2-5,15H,6-12,18H2,1H3. The highest BCUT2D eigenvalue weighted by atomic mass is 19.1. The highest BCUT2D eigenvalue weighted by Gasteiger charge is 2.39. The minimum Gasteiger partial charge on any atom is -0.379 e. The Morgan fingerprint density at radius 1 is 1.29 bits per heavy atom. The van der Waals surface area contributed by atoms with Crippen molar-refractivity contribution in [2.45, 2.75) is 13.0 Å². The van der Waals surface area contributed by atoms with Crippen LogP contribution >= 0.6 is 0 Å². The van der Waals surface area contributed by atoms with Crippen LogP contribution in [0.2, 0.25) is 0 Å². The van der Waals surface area contributed by atoms with Gasteiger partial charge in [0.25, 0.3) is 0 Å². The lowest BCUT2D eigenvalue weighted by molar-refractivity contribution is 0.115. The van der Waals surface area contributed by atoms with Crippen molar-refractivity contribution in [3.05, 3.63) is 30.1 Å². The third-order valence-corrected chi connectivity index (χ3v) is 4.77. The molecule has 2 heterocycles. The molecular weight excluding hydrogens is 269 g/mol. The van der Waals surface area contributed by atoms with Crippen molar-refractivity contribution in [1.29, 1.82) is 0 Å². The van der Waals surface area contributed by atoms with Crippen molar-refractivity contribution >= 4 is 5.69 Å². The molecule has 2 unspecified atom stereocenters. The lowest BCUT2D eigenvalue weighted by Gasteiger charge is -2.40. The molecule has 2 N–H and O–H groups in total. The van der Waals surface area contributed by atoms with E-state index in [0.717, 1.165) is 39.3 Å². The zero-order valence-electron chi connectivity index (χ0n) is 12.6. The van der Waals surface area contributed by atoms with Crippen LogP contribution in [0.1, 0.15) is 6.92 Å². The van der Waals surface area contributed by atoms with E-state index in [2.05, 4.69) is 16.7 Å². The second-order valence-electron chi connectivity index (χ2n) is 6.49. The van der Waals surface area contributed by atoms with Crippen LogP contribution in [0.5, 0.6) is 0 Å². The summed E-state index contributed by atoms with van der Waals surface area (Å²) in [7, 11) is 0. The summed E-state index contributed by atoms with van der Waals surface area (Å²) in [5.74, 6) is -0.135. The summed E-state index contributed by atoms with van der Waals surface area (Å²) < 4.78 is 19.3. The third-order valence-electron chi connectivity index (χ3n) is 4.77. The van der Waals surface area contributed by atoms with Gasteiger partial charge in [-0.25, -0.2) is 4.39 Å². The molecule has 0 amide bonds. The van der Waals surface area contributed by atoms with Crippen LogP contribution < -0.4 is 10.6 Å². The minimum absolute atomic E-state index is 0.0418. The van der Waals surface area contributed by atoms with Gasteiger partial charge in [-0.05, 0) is 12.1 Å². The molecule has 2 atom stereocenters. The molecule has 0 aliphatic carbocycles. The van der Waals surface area contributed by atoms with Crippen LogP contribution in [0.15, 0.2) is 24.3 Å². The second-order valence-corrected chi connectivity index (χ2v) is 6.49. The molecule has 2 aliphatic rings. The van der Waals surface area contributed by atoms with E-state index >= 15 is 0 Å². The molecule has 21 heavy (non-hydrogen) atoms.